The van der Waals surface area contributed by atoms with Crippen molar-refractivity contribution in [1.29, 1.82) is 0 Å². The Hall–Kier alpha value is -1.27. The highest BCUT2D eigenvalue weighted by molar-refractivity contribution is 7.90. The molecule has 1 saturated carbocycles. The molecule has 6 heteroatoms. The van der Waals surface area contributed by atoms with Gasteiger partial charge < -0.3 is 9.64 Å². The zero-order chi connectivity index (χ0) is 18.4. The largest absolute Gasteiger partial charge is 0.491 e. The van der Waals surface area contributed by atoms with Crippen LogP contribution in [0, 0.1) is 5.41 Å². The summed E-state index contributed by atoms with van der Waals surface area (Å²) in [5.41, 5.74) is 1.52. The molecule has 0 unspecified atom stereocenters. The van der Waals surface area contributed by atoms with E-state index >= 15 is 0 Å². The topological polar surface area (TPSA) is 49.9 Å². The Labute approximate surface area is 157 Å². The van der Waals surface area contributed by atoms with Crippen LogP contribution in [0.5, 0.6) is 5.75 Å². The minimum Gasteiger partial charge on any atom is -0.491 e. The number of hydrogen-bond acceptors (Lipinski definition) is 4. The lowest BCUT2D eigenvalue weighted by molar-refractivity contribution is 0.177. The van der Waals surface area contributed by atoms with Gasteiger partial charge >= 0.3 is 0 Å². The number of benzene rings is 1. The van der Waals surface area contributed by atoms with Crippen molar-refractivity contribution in [2.24, 2.45) is 5.41 Å². The van der Waals surface area contributed by atoms with E-state index in [1.165, 1.54) is 5.69 Å². The second-order valence-corrected chi connectivity index (χ2v) is 10.7. The van der Waals surface area contributed by atoms with E-state index in [0.717, 1.165) is 50.9 Å². The van der Waals surface area contributed by atoms with Crippen LogP contribution < -0.4 is 9.64 Å². The number of anilines is 1. The number of rotatable bonds is 5. The molecule has 26 heavy (non-hydrogen) atoms. The molecule has 0 atom stereocenters. The highest BCUT2D eigenvalue weighted by atomic mass is 32.2. The normalized spacial score (nSPS) is 23.7. The Kier molecular flexibility index (Phi) is 4.68. The van der Waals surface area contributed by atoms with E-state index in [4.69, 9.17) is 4.74 Å². The molecule has 3 fully saturated rings. The summed E-state index contributed by atoms with van der Waals surface area (Å²) in [5.74, 6) is 0.913. The maximum Gasteiger partial charge on any atom is 0.216 e. The van der Waals surface area contributed by atoms with Gasteiger partial charge in [0.2, 0.25) is 10.0 Å². The predicted octanol–water partition coefficient (Wildman–Crippen LogP) is 3.26. The molecule has 1 aromatic rings. The first kappa shape index (κ1) is 18.1. The average Bonchev–Trinajstić information content (AvgIpc) is 3.39. The van der Waals surface area contributed by atoms with E-state index in [0.29, 0.717) is 13.1 Å². The molecule has 1 aromatic carbocycles. The predicted molar refractivity (Wildman–Crippen MR) is 104 cm³/mol. The van der Waals surface area contributed by atoms with Gasteiger partial charge in [-0.25, -0.2) is 12.7 Å². The van der Waals surface area contributed by atoms with Gasteiger partial charge in [0.05, 0.1) is 11.4 Å². The number of ether oxygens (including phenoxy) is 1. The summed E-state index contributed by atoms with van der Waals surface area (Å²) in [6.07, 6.45) is 5.04. The van der Waals surface area contributed by atoms with Crippen LogP contribution in [0.2, 0.25) is 0 Å². The summed E-state index contributed by atoms with van der Waals surface area (Å²) >= 11 is 0. The Bertz CT molecular complexity index is 733. The lowest BCUT2D eigenvalue weighted by atomic mass is 9.78. The quantitative estimate of drug-likeness (QED) is 0.789. The van der Waals surface area contributed by atoms with Crippen molar-refractivity contribution in [2.75, 3.05) is 31.1 Å². The van der Waals surface area contributed by atoms with E-state index in [2.05, 4.69) is 17.0 Å². The van der Waals surface area contributed by atoms with Crippen LogP contribution in [0.1, 0.15) is 46.0 Å². The maximum atomic E-state index is 12.4. The van der Waals surface area contributed by atoms with Crippen LogP contribution in [-0.2, 0) is 10.0 Å². The summed E-state index contributed by atoms with van der Waals surface area (Å²) in [6.45, 7) is 7.57. The SMILES string of the molecule is CC(C)Oc1ccc(N2CCC3(CCN(S(=O)(=O)C4CC4)CC3)C2)cc1. The third-order valence-electron chi connectivity index (χ3n) is 6.10. The summed E-state index contributed by atoms with van der Waals surface area (Å²) < 4.78 is 32.4. The van der Waals surface area contributed by atoms with Crippen molar-refractivity contribution in [1.82, 2.24) is 4.31 Å². The van der Waals surface area contributed by atoms with Gasteiger partial charge in [-0.3, -0.25) is 0 Å². The van der Waals surface area contributed by atoms with Gasteiger partial charge in [0.15, 0.2) is 0 Å². The molecule has 5 nitrogen and oxygen atoms in total. The van der Waals surface area contributed by atoms with Crippen LogP contribution in [0.3, 0.4) is 0 Å². The monoisotopic (exact) mass is 378 g/mol. The van der Waals surface area contributed by atoms with Gasteiger partial charge in [0.1, 0.15) is 5.75 Å². The fourth-order valence-corrected chi connectivity index (χ4v) is 6.21. The highest BCUT2D eigenvalue weighted by Gasteiger charge is 2.46. The first-order chi connectivity index (χ1) is 12.4. The van der Waals surface area contributed by atoms with Crippen molar-refractivity contribution in [3.05, 3.63) is 24.3 Å². The molecule has 4 rings (SSSR count). The van der Waals surface area contributed by atoms with Crippen molar-refractivity contribution < 1.29 is 13.2 Å². The van der Waals surface area contributed by atoms with Crippen LogP contribution in [0.25, 0.3) is 0 Å². The number of piperidine rings is 1. The van der Waals surface area contributed by atoms with E-state index in [1.807, 2.05) is 26.0 Å². The first-order valence-electron chi connectivity index (χ1n) is 9.89. The second kappa shape index (κ2) is 6.71. The molecule has 0 bridgehead atoms. The molecular formula is C20H30N2O3S. The van der Waals surface area contributed by atoms with Crippen molar-refractivity contribution in [2.45, 2.75) is 57.3 Å². The molecule has 0 radical (unpaired) electrons. The minimum atomic E-state index is -3.01. The van der Waals surface area contributed by atoms with Crippen LogP contribution >= 0.6 is 0 Å². The van der Waals surface area contributed by atoms with E-state index in [-0.39, 0.29) is 16.8 Å². The first-order valence-corrected chi connectivity index (χ1v) is 11.4. The third kappa shape index (κ3) is 3.58. The van der Waals surface area contributed by atoms with Gasteiger partial charge in [-0.2, -0.15) is 0 Å². The summed E-state index contributed by atoms with van der Waals surface area (Å²) in [6, 6.07) is 8.38. The smallest absolute Gasteiger partial charge is 0.216 e. The van der Waals surface area contributed by atoms with Gasteiger partial charge in [-0.05, 0) is 75.6 Å². The Morgan fingerprint density at radius 1 is 1.04 bits per heavy atom. The van der Waals surface area contributed by atoms with Gasteiger partial charge in [0.25, 0.3) is 0 Å². The zero-order valence-corrected chi connectivity index (χ0v) is 16.7. The average molecular weight is 379 g/mol. The zero-order valence-electron chi connectivity index (χ0n) is 15.9. The van der Waals surface area contributed by atoms with Crippen molar-refractivity contribution >= 4 is 15.7 Å². The summed E-state index contributed by atoms with van der Waals surface area (Å²) in [7, 11) is -3.01. The highest BCUT2D eigenvalue weighted by Crippen LogP contribution is 2.43. The molecule has 0 amide bonds. The standard InChI is InChI=1S/C20H30N2O3S/c1-16(2)25-18-5-3-17(4-6-18)21-12-9-20(15-21)10-13-22(14-11-20)26(23,24)19-7-8-19/h3-6,16,19H,7-15H2,1-2H3. The van der Waals surface area contributed by atoms with E-state index in [1.54, 1.807) is 4.31 Å². The summed E-state index contributed by atoms with van der Waals surface area (Å²) in [4.78, 5) is 2.45. The Balaban J connectivity index is 1.36. The van der Waals surface area contributed by atoms with Gasteiger partial charge in [-0.1, -0.05) is 0 Å². The van der Waals surface area contributed by atoms with Gasteiger partial charge in [-0.15, -0.1) is 0 Å². The fraction of sp³-hybridized carbons (Fsp3) is 0.700. The van der Waals surface area contributed by atoms with Crippen molar-refractivity contribution in [3.63, 3.8) is 0 Å². The lowest BCUT2D eigenvalue weighted by Crippen LogP contribution is -2.45. The number of hydrogen-bond donors (Lipinski definition) is 0. The molecule has 0 aromatic heterocycles. The number of sulfonamides is 1. The molecule has 1 aliphatic carbocycles. The second-order valence-electron chi connectivity index (χ2n) is 8.48. The molecule has 3 aliphatic rings. The molecule has 2 heterocycles. The van der Waals surface area contributed by atoms with E-state index in [9.17, 15) is 8.42 Å². The third-order valence-corrected chi connectivity index (χ3v) is 8.50. The van der Waals surface area contributed by atoms with Gasteiger partial charge in [0, 0.05) is 31.9 Å². The Morgan fingerprint density at radius 3 is 2.23 bits per heavy atom. The molecule has 2 aliphatic heterocycles. The summed E-state index contributed by atoms with van der Waals surface area (Å²) in [5, 5.41) is -0.0804. The van der Waals surface area contributed by atoms with Crippen LogP contribution in [0.4, 0.5) is 5.69 Å². The maximum absolute atomic E-state index is 12.4. The molecule has 1 spiro atoms. The van der Waals surface area contributed by atoms with Crippen LogP contribution in [0.15, 0.2) is 24.3 Å². The molecule has 144 valence electrons. The fourth-order valence-electron chi connectivity index (χ4n) is 4.36. The van der Waals surface area contributed by atoms with E-state index < -0.39 is 10.0 Å². The molecule has 0 N–H and O–H groups in total. The lowest BCUT2D eigenvalue weighted by Gasteiger charge is -2.38. The minimum absolute atomic E-state index is 0.0804. The molecular weight excluding hydrogens is 348 g/mol. The number of nitrogens with zero attached hydrogens (tertiary/aromatic N) is 2. The van der Waals surface area contributed by atoms with Crippen molar-refractivity contribution in [3.8, 4) is 5.75 Å². The Morgan fingerprint density at radius 2 is 1.65 bits per heavy atom. The van der Waals surface area contributed by atoms with Crippen LogP contribution in [-0.4, -0.2) is 50.3 Å². The molecule has 2 saturated heterocycles.